The van der Waals surface area contributed by atoms with Crippen molar-refractivity contribution in [1.82, 2.24) is 35.1 Å². The first-order valence-corrected chi connectivity index (χ1v) is 9.72. The number of halogens is 1. The summed E-state index contributed by atoms with van der Waals surface area (Å²) in [5, 5.41) is 10.1. The number of pyridine rings is 3. The number of rotatable bonds is 5. The number of aromatic amines is 2. The Morgan fingerprint density at radius 1 is 1.13 bits per heavy atom. The highest BCUT2D eigenvalue weighted by molar-refractivity contribution is 5.95. The maximum Gasteiger partial charge on any atom is 0.224 e. The van der Waals surface area contributed by atoms with E-state index in [1.54, 1.807) is 24.5 Å². The van der Waals surface area contributed by atoms with Crippen LogP contribution in [0, 0.1) is 5.82 Å². The molecule has 0 bridgehead atoms. The van der Waals surface area contributed by atoms with Crippen molar-refractivity contribution in [2.75, 3.05) is 5.32 Å². The molecule has 5 aromatic heterocycles. The molecule has 3 N–H and O–H groups in total. The van der Waals surface area contributed by atoms with E-state index in [1.807, 2.05) is 6.92 Å². The van der Waals surface area contributed by atoms with Crippen molar-refractivity contribution in [3.05, 3.63) is 48.9 Å². The van der Waals surface area contributed by atoms with Gasteiger partial charge >= 0.3 is 0 Å². The summed E-state index contributed by atoms with van der Waals surface area (Å²) in [4.78, 5) is 31.9. The van der Waals surface area contributed by atoms with Gasteiger partial charge in [-0.25, -0.2) is 9.37 Å². The molecule has 0 fully saturated rings. The van der Waals surface area contributed by atoms with Crippen molar-refractivity contribution < 1.29 is 9.18 Å². The molecule has 5 aromatic rings. The van der Waals surface area contributed by atoms with Gasteiger partial charge in [0.05, 0.1) is 46.2 Å². The smallest absolute Gasteiger partial charge is 0.224 e. The van der Waals surface area contributed by atoms with E-state index in [0.717, 1.165) is 11.9 Å². The Kier molecular flexibility index (Phi) is 4.58. The van der Waals surface area contributed by atoms with Gasteiger partial charge in [0.15, 0.2) is 11.6 Å². The molecular weight excluding hydrogens is 399 g/mol. The molecule has 0 saturated carbocycles. The Morgan fingerprint density at radius 3 is 2.87 bits per heavy atom. The average molecular weight is 416 g/mol. The topological polar surface area (TPSA) is 125 Å². The monoisotopic (exact) mass is 416 g/mol. The highest BCUT2D eigenvalue weighted by atomic mass is 19.1. The number of nitrogens with one attached hydrogen (secondary N) is 3. The van der Waals surface area contributed by atoms with E-state index in [2.05, 4.69) is 40.4 Å². The quantitative estimate of drug-likeness (QED) is 0.400. The van der Waals surface area contributed by atoms with Gasteiger partial charge in [0.25, 0.3) is 0 Å². The lowest BCUT2D eigenvalue weighted by Gasteiger charge is -2.07. The van der Waals surface area contributed by atoms with Crippen molar-refractivity contribution in [3.8, 4) is 22.8 Å². The summed E-state index contributed by atoms with van der Waals surface area (Å²) in [5.41, 5.74) is 3.23. The first-order chi connectivity index (χ1) is 15.1. The Balaban J connectivity index is 1.59. The van der Waals surface area contributed by atoms with E-state index >= 15 is 4.39 Å². The molecule has 0 unspecified atom stereocenters. The van der Waals surface area contributed by atoms with Crippen LogP contribution in [0.5, 0.6) is 0 Å². The second kappa shape index (κ2) is 7.56. The van der Waals surface area contributed by atoms with Crippen molar-refractivity contribution >= 4 is 33.5 Å². The highest BCUT2D eigenvalue weighted by Crippen LogP contribution is 2.32. The molecule has 154 valence electrons. The van der Waals surface area contributed by atoms with E-state index in [4.69, 9.17) is 0 Å². The van der Waals surface area contributed by atoms with E-state index in [9.17, 15) is 4.79 Å². The predicted octanol–water partition coefficient (Wildman–Crippen LogP) is 3.84. The third kappa shape index (κ3) is 3.37. The first kappa shape index (κ1) is 18.8. The summed E-state index contributed by atoms with van der Waals surface area (Å²) in [6, 6.07) is 3.40. The summed E-state index contributed by atoms with van der Waals surface area (Å²) < 4.78 is 15.6. The molecule has 10 heteroatoms. The second-order valence-corrected chi connectivity index (χ2v) is 7.02. The number of hydrogen-bond donors (Lipinski definition) is 3. The van der Waals surface area contributed by atoms with Crippen molar-refractivity contribution in [1.29, 1.82) is 0 Å². The van der Waals surface area contributed by atoms with Crippen LogP contribution in [-0.2, 0) is 4.79 Å². The van der Waals surface area contributed by atoms with Gasteiger partial charge in [0.1, 0.15) is 11.4 Å². The number of H-pyrrole nitrogens is 2. The molecule has 5 rings (SSSR count). The fourth-order valence-corrected chi connectivity index (χ4v) is 3.41. The summed E-state index contributed by atoms with van der Waals surface area (Å²) in [6.45, 7) is 1.92. The lowest BCUT2D eigenvalue weighted by atomic mass is 10.1. The van der Waals surface area contributed by atoms with Gasteiger partial charge in [-0.3, -0.25) is 24.8 Å². The summed E-state index contributed by atoms with van der Waals surface area (Å²) >= 11 is 0. The first-order valence-electron chi connectivity index (χ1n) is 9.72. The zero-order chi connectivity index (χ0) is 21.4. The van der Waals surface area contributed by atoms with Crippen LogP contribution < -0.4 is 5.32 Å². The van der Waals surface area contributed by atoms with Crippen LogP contribution in [0.25, 0.3) is 44.7 Å². The standard InChI is InChI=1S/C21H17FN8O/c1-2-3-16(31)26-12-6-11(7-24-8-12)19-18(22)17-15(10-25-19)29-30-20(17)21-27-13-4-5-23-9-14(13)28-21/h4-10H,2-3H2,1H3,(H,26,31)(H,27,28)(H,29,30). The third-order valence-electron chi connectivity index (χ3n) is 4.82. The van der Waals surface area contributed by atoms with Gasteiger partial charge in [-0.2, -0.15) is 5.10 Å². The minimum absolute atomic E-state index is 0.104. The number of imidazole rings is 1. The molecule has 0 aliphatic carbocycles. The van der Waals surface area contributed by atoms with Crippen LogP contribution in [0.1, 0.15) is 19.8 Å². The normalized spacial score (nSPS) is 11.3. The minimum Gasteiger partial charge on any atom is -0.335 e. The third-order valence-corrected chi connectivity index (χ3v) is 4.82. The van der Waals surface area contributed by atoms with Crippen LogP contribution in [0.3, 0.4) is 0 Å². The number of nitrogens with zero attached hydrogens (tertiary/aromatic N) is 5. The lowest BCUT2D eigenvalue weighted by molar-refractivity contribution is -0.116. The maximum absolute atomic E-state index is 15.6. The molecule has 0 radical (unpaired) electrons. The SMILES string of the molecule is CCCC(=O)Nc1cncc(-c2ncc3[nH]nc(-c4nc5ccncc5[nH]4)c3c2F)c1. The lowest BCUT2D eigenvalue weighted by Crippen LogP contribution is -2.10. The Hall–Kier alpha value is -4.21. The zero-order valence-electron chi connectivity index (χ0n) is 16.5. The summed E-state index contributed by atoms with van der Waals surface area (Å²) in [6.07, 6.45) is 8.93. The fraction of sp³-hybridized carbons (Fsp3) is 0.143. The van der Waals surface area contributed by atoms with Gasteiger partial charge in [-0.1, -0.05) is 6.92 Å². The molecule has 0 saturated heterocycles. The Bertz CT molecular complexity index is 1390. The number of amides is 1. The molecule has 31 heavy (non-hydrogen) atoms. The van der Waals surface area contributed by atoms with E-state index < -0.39 is 5.82 Å². The van der Waals surface area contributed by atoms with Crippen LogP contribution in [0.2, 0.25) is 0 Å². The Labute approximate surface area is 175 Å². The van der Waals surface area contributed by atoms with Crippen molar-refractivity contribution in [2.45, 2.75) is 19.8 Å². The summed E-state index contributed by atoms with van der Waals surface area (Å²) in [5.74, 6) is -0.260. The molecule has 0 aliphatic rings. The molecule has 5 heterocycles. The maximum atomic E-state index is 15.6. The number of anilines is 1. The van der Waals surface area contributed by atoms with Gasteiger partial charge in [0, 0.05) is 24.4 Å². The molecule has 9 nitrogen and oxygen atoms in total. The van der Waals surface area contributed by atoms with Gasteiger partial charge < -0.3 is 10.3 Å². The Morgan fingerprint density at radius 2 is 2.03 bits per heavy atom. The molecule has 0 aliphatic heterocycles. The molecule has 0 atom stereocenters. The number of carbonyl (C=O) groups is 1. The van der Waals surface area contributed by atoms with Crippen molar-refractivity contribution in [2.24, 2.45) is 0 Å². The molecule has 0 spiro atoms. The average Bonchev–Trinajstić information content (AvgIpc) is 3.38. The van der Waals surface area contributed by atoms with Crippen LogP contribution in [0.4, 0.5) is 10.1 Å². The van der Waals surface area contributed by atoms with Crippen LogP contribution >= 0.6 is 0 Å². The fourth-order valence-electron chi connectivity index (χ4n) is 3.41. The zero-order valence-corrected chi connectivity index (χ0v) is 16.5. The van der Waals surface area contributed by atoms with Crippen LogP contribution in [-0.4, -0.2) is 41.0 Å². The highest BCUT2D eigenvalue weighted by Gasteiger charge is 2.20. The van der Waals surface area contributed by atoms with Gasteiger partial charge in [0.2, 0.25) is 5.91 Å². The molecule has 0 aromatic carbocycles. The second-order valence-electron chi connectivity index (χ2n) is 7.02. The van der Waals surface area contributed by atoms with E-state index in [1.165, 1.54) is 18.6 Å². The minimum atomic E-state index is -0.557. The number of fused-ring (bicyclic) bond motifs is 2. The number of carbonyl (C=O) groups excluding carboxylic acids is 1. The number of hydrogen-bond acceptors (Lipinski definition) is 6. The van der Waals surface area contributed by atoms with Gasteiger partial charge in [-0.05, 0) is 18.6 Å². The summed E-state index contributed by atoms with van der Waals surface area (Å²) in [7, 11) is 0. The molecule has 1 amide bonds. The largest absolute Gasteiger partial charge is 0.335 e. The van der Waals surface area contributed by atoms with E-state index in [0.29, 0.717) is 40.2 Å². The van der Waals surface area contributed by atoms with Gasteiger partial charge in [-0.15, -0.1) is 0 Å². The van der Waals surface area contributed by atoms with Crippen LogP contribution in [0.15, 0.2) is 43.1 Å². The predicted molar refractivity (Wildman–Crippen MR) is 113 cm³/mol. The van der Waals surface area contributed by atoms with Crippen molar-refractivity contribution in [3.63, 3.8) is 0 Å². The van der Waals surface area contributed by atoms with E-state index in [-0.39, 0.29) is 17.0 Å². The number of aromatic nitrogens is 7. The molecular formula is C21H17FN8O.